The third kappa shape index (κ3) is 2.41. The highest BCUT2D eigenvalue weighted by molar-refractivity contribution is 7.85. The Morgan fingerprint density at radius 2 is 2.06 bits per heavy atom. The maximum atomic E-state index is 13.0. The number of benzene rings is 1. The minimum absolute atomic E-state index is 0.259. The number of nitrogens with zero attached hydrogens (tertiary/aromatic N) is 1. The van der Waals surface area contributed by atoms with Crippen molar-refractivity contribution in [3.8, 4) is 0 Å². The lowest BCUT2D eigenvalue weighted by Crippen LogP contribution is -2.38. The Morgan fingerprint density at radius 3 is 2.69 bits per heavy atom. The molecule has 0 spiro atoms. The molecule has 0 aliphatic carbocycles. The lowest BCUT2D eigenvalue weighted by molar-refractivity contribution is 0.624. The van der Waals surface area contributed by atoms with E-state index in [1.807, 2.05) is 0 Å². The van der Waals surface area contributed by atoms with Crippen LogP contribution >= 0.6 is 0 Å². The topological polar surface area (TPSA) is 46.3 Å². The Labute approximate surface area is 96.9 Å². The summed E-state index contributed by atoms with van der Waals surface area (Å²) in [7, 11) is -0.695. The van der Waals surface area contributed by atoms with Crippen molar-refractivity contribution in [2.45, 2.75) is 6.54 Å². The van der Waals surface area contributed by atoms with Crippen LogP contribution in [0.2, 0.25) is 0 Å². The first-order valence-corrected chi connectivity index (χ1v) is 6.78. The summed E-state index contributed by atoms with van der Waals surface area (Å²) in [5.41, 5.74) is 7.39. The molecule has 3 nitrogen and oxygen atoms in total. The molecular formula is C11H15FN2OS. The smallest absolute Gasteiger partial charge is 0.123 e. The van der Waals surface area contributed by atoms with E-state index in [9.17, 15) is 8.60 Å². The normalized spacial score (nSPS) is 17.8. The highest BCUT2D eigenvalue weighted by Crippen LogP contribution is 2.22. The molecule has 0 atom stereocenters. The van der Waals surface area contributed by atoms with E-state index in [-0.39, 0.29) is 5.82 Å². The van der Waals surface area contributed by atoms with Gasteiger partial charge in [-0.25, -0.2) is 4.39 Å². The molecule has 1 heterocycles. The molecule has 2 N–H and O–H groups in total. The Bertz CT molecular complexity index is 401. The number of rotatable bonds is 2. The van der Waals surface area contributed by atoms with Crippen molar-refractivity contribution in [3.05, 3.63) is 29.6 Å². The van der Waals surface area contributed by atoms with E-state index in [0.29, 0.717) is 18.1 Å². The van der Waals surface area contributed by atoms with Crippen LogP contribution in [0.1, 0.15) is 5.56 Å². The van der Waals surface area contributed by atoms with Crippen LogP contribution in [0.25, 0.3) is 0 Å². The van der Waals surface area contributed by atoms with Crippen molar-refractivity contribution >= 4 is 16.5 Å². The number of anilines is 1. The van der Waals surface area contributed by atoms with Gasteiger partial charge in [-0.05, 0) is 23.8 Å². The third-order valence-electron chi connectivity index (χ3n) is 2.78. The van der Waals surface area contributed by atoms with Crippen LogP contribution in [0, 0.1) is 5.82 Å². The molecule has 5 heteroatoms. The molecule has 88 valence electrons. The second-order valence-electron chi connectivity index (χ2n) is 3.81. The van der Waals surface area contributed by atoms with Crippen LogP contribution in [0.5, 0.6) is 0 Å². The lowest BCUT2D eigenvalue weighted by Gasteiger charge is -2.30. The van der Waals surface area contributed by atoms with E-state index in [1.54, 1.807) is 6.07 Å². The van der Waals surface area contributed by atoms with Crippen LogP contribution < -0.4 is 10.6 Å². The summed E-state index contributed by atoms with van der Waals surface area (Å²) in [6.07, 6.45) is 0. The molecule has 0 aromatic heterocycles. The molecule has 0 unspecified atom stereocenters. The van der Waals surface area contributed by atoms with E-state index in [4.69, 9.17) is 5.73 Å². The fourth-order valence-electron chi connectivity index (χ4n) is 1.90. The zero-order valence-electron chi connectivity index (χ0n) is 8.99. The second-order valence-corrected chi connectivity index (χ2v) is 5.51. The SMILES string of the molecule is NCc1cc(F)ccc1N1CCS(=O)CC1. The Kier molecular flexibility index (Phi) is 3.56. The van der Waals surface area contributed by atoms with Crippen molar-refractivity contribution in [2.24, 2.45) is 5.73 Å². The van der Waals surface area contributed by atoms with Crippen molar-refractivity contribution in [1.29, 1.82) is 0 Å². The van der Waals surface area contributed by atoms with Crippen molar-refractivity contribution in [1.82, 2.24) is 0 Å². The van der Waals surface area contributed by atoms with Gasteiger partial charge in [0.05, 0.1) is 0 Å². The van der Waals surface area contributed by atoms with Crippen LogP contribution in [-0.4, -0.2) is 28.8 Å². The largest absolute Gasteiger partial charge is 0.369 e. The minimum atomic E-state index is -0.695. The first kappa shape index (κ1) is 11.5. The molecule has 16 heavy (non-hydrogen) atoms. The maximum absolute atomic E-state index is 13.0. The highest BCUT2D eigenvalue weighted by Gasteiger charge is 2.17. The molecule has 0 bridgehead atoms. The first-order chi connectivity index (χ1) is 7.70. The molecule has 1 fully saturated rings. The molecule has 1 aliphatic heterocycles. The molecule has 1 aromatic rings. The zero-order chi connectivity index (χ0) is 11.5. The monoisotopic (exact) mass is 242 g/mol. The molecule has 0 saturated carbocycles. The summed E-state index contributed by atoms with van der Waals surface area (Å²) in [6.45, 7) is 1.84. The fraction of sp³-hybridized carbons (Fsp3) is 0.455. The summed E-state index contributed by atoms with van der Waals surface area (Å²) >= 11 is 0. The predicted octanol–water partition coefficient (Wildman–Crippen LogP) is 0.853. The summed E-state index contributed by atoms with van der Waals surface area (Å²) in [6, 6.07) is 4.67. The number of halogens is 1. The van der Waals surface area contributed by atoms with Crippen molar-refractivity contribution in [3.63, 3.8) is 0 Å². The summed E-state index contributed by atoms with van der Waals surface area (Å²) in [5.74, 6) is 1.10. The van der Waals surface area contributed by atoms with Gasteiger partial charge in [-0.3, -0.25) is 4.21 Å². The number of hydrogen-bond donors (Lipinski definition) is 1. The van der Waals surface area contributed by atoms with Gasteiger partial charge < -0.3 is 10.6 Å². The predicted molar refractivity (Wildman–Crippen MR) is 64.4 cm³/mol. The van der Waals surface area contributed by atoms with Gasteiger partial charge in [-0.15, -0.1) is 0 Å². The molecule has 1 saturated heterocycles. The Morgan fingerprint density at radius 1 is 1.38 bits per heavy atom. The van der Waals surface area contributed by atoms with Gasteiger partial charge in [-0.1, -0.05) is 0 Å². The lowest BCUT2D eigenvalue weighted by atomic mass is 10.1. The van der Waals surface area contributed by atoms with Gasteiger partial charge in [0.15, 0.2) is 0 Å². The van der Waals surface area contributed by atoms with Crippen LogP contribution in [0.15, 0.2) is 18.2 Å². The standard InChI is InChI=1S/C11H15FN2OS/c12-10-1-2-11(9(7-10)8-13)14-3-5-16(15)6-4-14/h1-2,7H,3-6,8,13H2. The molecule has 0 radical (unpaired) electrons. The van der Waals surface area contributed by atoms with Crippen LogP contribution in [0.4, 0.5) is 10.1 Å². The fourth-order valence-corrected chi connectivity index (χ4v) is 2.96. The van der Waals surface area contributed by atoms with Crippen molar-refractivity contribution in [2.75, 3.05) is 29.5 Å². The second kappa shape index (κ2) is 4.93. The first-order valence-electron chi connectivity index (χ1n) is 5.29. The average molecular weight is 242 g/mol. The van der Waals surface area contributed by atoms with E-state index in [2.05, 4.69) is 4.90 Å². The van der Waals surface area contributed by atoms with Gasteiger partial charge in [0.1, 0.15) is 5.82 Å². The zero-order valence-corrected chi connectivity index (χ0v) is 9.80. The molecule has 2 rings (SSSR count). The maximum Gasteiger partial charge on any atom is 0.123 e. The average Bonchev–Trinajstić information content (AvgIpc) is 2.30. The van der Waals surface area contributed by atoms with Crippen molar-refractivity contribution < 1.29 is 8.60 Å². The van der Waals surface area contributed by atoms with Crippen LogP contribution in [0.3, 0.4) is 0 Å². The van der Waals surface area contributed by atoms with E-state index in [1.165, 1.54) is 12.1 Å². The van der Waals surface area contributed by atoms with Crippen LogP contribution in [-0.2, 0) is 17.3 Å². The summed E-state index contributed by atoms with van der Waals surface area (Å²) in [4.78, 5) is 2.13. The summed E-state index contributed by atoms with van der Waals surface area (Å²) in [5, 5.41) is 0. The highest BCUT2D eigenvalue weighted by atomic mass is 32.2. The third-order valence-corrected chi connectivity index (χ3v) is 4.06. The molecule has 1 aromatic carbocycles. The number of nitrogens with two attached hydrogens (primary N) is 1. The Balaban J connectivity index is 2.22. The van der Waals surface area contributed by atoms with Gasteiger partial charge in [0.25, 0.3) is 0 Å². The quantitative estimate of drug-likeness (QED) is 0.836. The van der Waals surface area contributed by atoms with E-state index < -0.39 is 10.8 Å². The molecule has 0 amide bonds. The Hall–Kier alpha value is -0.940. The van der Waals surface area contributed by atoms with E-state index >= 15 is 0 Å². The summed E-state index contributed by atoms with van der Waals surface area (Å²) < 4.78 is 24.3. The van der Waals surface area contributed by atoms with Gasteiger partial charge in [0.2, 0.25) is 0 Å². The van der Waals surface area contributed by atoms with Gasteiger partial charge >= 0.3 is 0 Å². The minimum Gasteiger partial charge on any atom is -0.369 e. The van der Waals surface area contributed by atoms with E-state index in [0.717, 1.165) is 24.3 Å². The van der Waals surface area contributed by atoms with Gasteiger partial charge in [-0.2, -0.15) is 0 Å². The molecule has 1 aliphatic rings. The molecular weight excluding hydrogens is 227 g/mol. The van der Waals surface area contributed by atoms with Gasteiger partial charge in [0, 0.05) is 47.6 Å². The number of hydrogen-bond acceptors (Lipinski definition) is 3.